The second kappa shape index (κ2) is 8.19. The van der Waals surface area contributed by atoms with Crippen LogP contribution in [-0.2, 0) is 16.1 Å². The van der Waals surface area contributed by atoms with E-state index < -0.39 is 12.0 Å². The SMILES string of the molecule is COC(=O)[C@H](CC(C)C)NC(=O)NCc1ccccc1. The summed E-state index contributed by atoms with van der Waals surface area (Å²) in [5.74, 6) is -0.137. The van der Waals surface area contributed by atoms with Gasteiger partial charge in [0.25, 0.3) is 0 Å². The number of nitrogens with one attached hydrogen (secondary N) is 2. The molecule has 1 rings (SSSR count). The van der Waals surface area contributed by atoms with Crippen LogP contribution in [0.1, 0.15) is 25.8 Å². The fourth-order valence-electron chi connectivity index (χ4n) is 1.82. The standard InChI is InChI=1S/C15H22N2O3/c1-11(2)9-13(14(18)20-3)17-15(19)16-10-12-7-5-4-6-8-12/h4-8,11,13H,9-10H2,1-3H3,(H2,16,17,19)/t13-/m0/s1. The van der Waals surface area contributed by atoms with Gasteiger partial charge in [-0.25, -0.2) is 9.59 Å². The fourth-order valence-corrected chi connectivity index (χ4v) is 1.82. The molecule has 0 aliphatic carbocycles. The molecule has 0 radical (unpaired) electrons. The summed E-state index contributed by atoms with van der Waals surface area (Å²) in [6.45, 7) is 4.39. The zero-order valence-electron chi connectivity index (χ0n) is 12.2. The van der Waals surface area contributed by atoms with Crippen molar-refractivity contribution < 1.29 is 14.3 Å². The lowest BCUT2D eigenvalue weighted by Crippen LogP contribution is -2.46. The number of hydrogen-bond donors (Lipinski definition) is 2. The lowest BCUT2D eigenvalue weighted by Gasteiger charge is -2.18. The number of carbonyl (C=O) groups excluding carboxylic acids is 2. The van der Waals surface area contributed by atoms with E-state index in [0.29, 0.717) is 13.0 Å². The molecule has 0 spiro atoms. The van der Waals surface area contributed by atoms with Crippen LogP contribution in [0, 0.1) is 5.92 Å². The highest BCUT2D eigenvalue weighted by atomic mass is 16.5. The second-order valence-electron chi connectivity index (χ2n) is 5.02. The third-order valence-corrected chi connectivity index (χ3v) is 2.79. The molecule has 0 heterocycles. The van der Waals surface area contributed by atoms with Crippen LogP contribution < -0.4 is 10.6 Å². The third kappa shape index (κ3) is 5.73. The maximum atomic E-state index is 11.8. The molecule has 2 amide bonds. The normalized spacial score (nSPS) is 11.8. The highest BCUT2D eigenvalue weighted by molar-refractivity contribution is 5.83. The van der Waals surface area contributed by atoms with E-state index in [9.17, 15) is 9.59 Å². The molecule has 0 aliphatic rings. The summed E-state index contributed by atoms with van der Waals surface area (Å²) < 4.78 is 4.70. The Morgan fingerprint density at radius 2 is 1.85 bits per heavy atom. The first-order valence-corrected chi connectivity index (χ1v) is 6.69. The van der Waals surface area contributed by atoms with Crippen LogP contribution in [0.4, 0.5) is 4.79 Å². The van der Waals surface area contributed by atoms with Crippen LogP contribution in [-0.4, -0.2) is 25.2 Å². The van der Waals surface area contributed by atoms with E-state index in [2.05, 4.69) is 10.6 Å². The van der Waals surface area contributed by atoms with Gasteiger partial charge in [0.15, 0.2) is 0 Å². The quantitative estimate of drug-likeness (QED) is 0.783. The predicted octanol–water partition coefficient (Wildman–Crippen LogP) is 2.07. The minimum absolute atomic E-state index is 0.286. The number of methoxy groups -OCH3 is 1. The molecule has 1 atom stereocenters. The van der Waals surface area contributed by atoms with Crippen molar-refractivity contribution in [1.82, 2.24) is 10.6 Å². The number of esters is 1. The molecule has 0 fully saturated rings. The summed E-state index contributed by atoms with van der Waals surface area (Å²) in [7, 11) is 1.32. The van der Waals surface area contributed by atoms with Gasteiger partial charge in [0.2, 0.25) is 0 Å². The van der Waals surface area contributed by atoms with Crippen LogP contribution >= 0.6 is 0 Å². The zero-order chi connectivity index (χ0) is 15.0. The second-order valence-corrected chi connectivity index (χ2v) is 5.02. The monoisotopic (exact) mass is 278 g/mol. The van der Waals surface area contributed by atoms with Crippen molar-refractivity contribution in [1.29, 1.82) is 0 Å². The van der Waals surface area contributed by atoms with Crippen molar-refractivity contribution in [3.8, 4) is 0 Å². The zero-order valence-corrected chi connectivity index (χ0v) is 12.2. The van der Waals surface area contributed by atoms with Crippen LogP contribution in [0.3, 0.4) is 0 Å². The first-order chi connectivity index (χ1) is 9.52. The lowest BCUT2D eigenvalue weighted by molar-refractivity contribution is -0.143. The van der Waals surface area contributed by atoms with Gasteiger partial charge in [-0.2, -0.15) is 0 Å². The Morgan fingerprint density at radius 3 is 2.40 bits per heavy atom. The van der Waals surface area contributed by atoms with Gasteiger partial charge in [-0.05, 0) is 17.9 Å². The van der Waals surface area contributed by atoms with Gasteiger partial charge in [-0.15, -0.1) is 0 Å². The van der Waals surface area contributed by atoms with Crippen molar-refractivity contribution in [2.24, 2.45) is 5.92 Å². The van der Waals surface area contributed by atoms with E-state index in [1.165, 1.54) is 7.11 Å². The topological polar surface area (TPSA) is 67.4 Å². The number of urea groups is 1. The first kappa shape index (κ1) is 16.0. The predicted molar refractivity (Wildman–Crippen MR) is 77.1 cm³/mol. The molecule has 0 aromatic heterocycles. The summed E-state index contributed by atoms with van der Waals surface area (Å²) in [5, 5.41) is 5.37. The molecule has 0 unspecified atom stereocenters. The molecule has 5 nitrogen and oxygen atoms in total. The fraction of sp³-hybridized carbons (Fsp3) is 0.467. The third-order valence-electron chi connectivity index (χ3n) is 2.79. The molecule has 1 aromatic carbocycles. The number of amides is 2. The molecule has 20 heavy (non-hydrogen) atoms. The van der Waals surface area contributed by atoms with E-state index in [1.807, 2.05) is 44.2 Å². The smallest absolute Gasteiger partial charge is 0.328 e. The Bertz CT molecular complexity index is 432. The molecule has 2 N–H and O–H groups in total. The van der Waals surface area contributed by atoms with E-state index in [4.69, 9.17) is 4.74 Å². The number of benzene rings is 1. The van der Waals surface area contributed by atoms with Crippen LogP contribution in [0.25, 0.3) is 0 Å². The number of rotatable bonds is 6. The van der Waals surface area contributed by atoms with Crippen molar-refractivity contribution in [3.63, 3.8) is 0 Å². The summed E-state index contributed by atoms with van der Waals surface area (Å²) in [4.78, 5) is 23.4. The first-order valence-electron chi connectivity index (χ1n) is 6.69. The van der Waals surface area contributed by atoms with E-state index in [0.717, 1.165) is 5.56 Å². The lowest BCUT2D eigenvalue weighted by atomic mass is 10.0. The highest BCUT2D eigenvalue weighted by Gasteiger charge is 2.22. The van der Waals surface area contributed by atoms with Crippen LogP contribution in [0.2, 0.25) is 0 Å². The van der Waals surface area contributed by atoms with Gasteiger partial charge in [-0.1, -0.05) is 44.2 Å². The van der Waals surface area contributed by atoms with Crippen molar-refractivity contribution in [3.05, 3.63) is 35.9 Å². The summed E-state index contributed by atoms with van der Waals surface area (Å²) in [6.07, 6.45) is 0.547. The highest BCUT2D eigenvalue weighted by Crippen LogP contribution is 2.06. The van der Waals surface area contributed by atoms with E-state index in [1.54, 1.807) is 0 Å². The molecule has 1 aromatic rings. The Balaban J connectivity index is 2.47. The Morgan fingerprint density at radius 1 is 1.20 bits per heavy atom. The molecule has 110 valence electrons. The van der Waals surface area contributed by atoms with Gasteiger partial charge in [0, 0.05) is 6.54 Å². The Kier molecular flexibility index (Phi) is 6.56. The van der Waals surface area contributed by atoms with Gasteiger partial charge in [0.1, 0.15) is 6.04 Å². The summed E-state index contributed by atoms with van der Waals surface area (Å²) in [6, 6.07) is 8.59. The average molecular weight is 278 g/mol. The number of ether oxygens (including phenoxy) is 1. The van der Waals surface area contributed by atoms with Gasteiger partial charge in [-0.3, -0.25) is 0 Å². The molecule has 0 saturated heterocycles. The van der Waals surface area contributed by atoms with Crippen molar-refractivity contribution in [2.75, 3.05) is 7.11 Å². The van der Waals surface area contributed by atoms with Gasteiger partial charge < -0.3 is 15.4 Å². The minimum Gasteiger partial charge on any atom is -0.467 e. The largest absolute Gasteiger partial charge is 0.467 e. The molecular formula is C15H22N2O3. The molecule has 0 bridgehead atoms. The summed E-state index contributed by atoms with van der Waals surface area (Å²) >= 11 is 0. The maximum absolute atomic E-state index is 11.8. The maximum Gasteiger partial charge on any atom is 0.328 e. The van der Waals surface area contributed by atoms with Gasteiger partial charge >= 0.3 is 12.0 Å². The number of hydrogen-bond acceptors (Lipinski definition) is 3. The Hall–Kier alpha value is -2.04. The Labute approximate surface area is 119 Å². The van der Waals surface area contributed by atoms with E-state index >= 15 is 0 Å². The van der Waals surface area contributed by atoms with Gasteiger partial charge in [0.05, 0.1) is 7.11 Å². The van der Waals surface area contributed by atoms with E-state index in [-0.39, 0.29) is 11.9 Å². The van der Waals surface area contributed by atoms with Crippen LogP contribution in [0.15, 0.2) is 30.3 Å². The van der Waals surface area contributed by atoms with Crippen molar-refractivity contribution in [2.45, 2.75) is 32.9 Å². The average Bonchev–Trinajstić information content (AvgIpc) is 2.44. The molecule has 0 saturated carbocycles. The summed E-state index contributed by atoms with van der Waals surface area (Å²) in [5.41, 5.74) is 1.00. The molecule has 0 aliphatic heterocycles. The molecular weight excluding hydrogens is 256 g/mol. The number of carbonyl (C=O) groups is 2. The molecule has 5 heteroatoms. The van der Waals surface area contributed by atoms with Crippen molar-refractivity contribution >= 4 is 12.0 Å². The minimum atomic E-state index is -0.615. The van der Waals surface area contributed by atoms with Crippen LogP contribution in [0.5, 0.6) is 0 Å².